The van der Waals surface area contributed by atoms with Gasteiger partial charge in [-0.3, -0.25) is 0 Å². The Morgan fingerprint density at radius 1 is 1.42 bits per heavy atom. The molecule has 1 aromatic heterocycles. The molecular formula is C5H3F3N2O2. The van der Waals surface area contributed by atoms with E-state index in [2.05, 4.69) is 0 Å². The number of aromatic amines is 1. The second-order valence-corrected chi connectivity index (χ2v) is 2.01. The molecular weight excluding hydrogens is 177 g/mol. The van der Waals surface area contributed by atoms with Crippen LogP contribution in [0.4, 0.5) is 19.0 Å². The third kappa shape index (κ3) is 1.55. The molecule has 0 atom stereocenters. The zero-order valence-electron chi connectivity index (χ0n) is 5.55. The van der Waals surface area contributed by atoms with E-state index in [4.69, 9.17) is 0 Å². The average molecular weight is 180 g/mol. The number of hydrogen-bond acceptors (Lipinski definition) is 2. The van der Waals surface area contributed by atoms with Crippen molar-refractivity contribution in [1.29, 1.82) is 0 Å². The van der Waals surface area contributed by atoms with Gasteiger partial charge in [-0.1, -0.05) is 0 Å². The van der Waals surface area contributed by atoms with Crippen molar-refractivity contribution in [3.05, 3.63) is 27.9 Å². The van der Waals surface area contributed by atoms with Crippen molar-refractivity contribution in [2.75, 3.05) is 0 Å². The Hall–Kier alpha value is -1.53. The quantitative estimate of drug-likeness (QED) is 0.530. The molecule has 0 radical (unpaired) electrons. The molecule has 0 saturated heterocycles. The largest absolute Gasteiger partial charge is 0.453 e. The topological polar surface area (TPSA) is 58.9 Å². The van der Waals surface area contributed by atoms with Crippen molar-refractivity contribution in [2.45, 2.75) is 6.18 Å². The molecule has 1 heterocycles. The van der Waals surface area contributed by atoms with Crippen molar-refractivity contribution >= 4 is 5.82 Å². The maximum Gasteiger partial charge on any atom is 0.453 e. The number of aromatic nitrogens is 1. The molecule has 0 saturated carbocycles. The van der Waals surface area contributed by atoms with E-state index in [1.807, 2.05) is 0 Å². The van der Waals surface area contributed by atoms with Gasteiger partial charge in [0.2, 0.25) is 5.69 Å². The van der Waals surface area contributed by atoms with Gasteiger partial charge in [0.1, 0.15) is 0 Å². The SMILES string of the molecule is O=[N+]([O-])c1ccc(C(F)(F)F)[nH]1. The summed E-state index contributed by atoms with van der Waals surface area (Å²) in [7, 11) is 0. The van der Waals surface area contributed by atoms with Gasteiger partial charge in [0.15, 0.2) is 0 Å². The minimum absolute atomic E-state index is 0.623. The van der Waals surface area contributed by atoms with Crippen molar-refractivity contribution < 1.29 is 18.1 Å². The van der Waals surface area contributed by atoms with E-state index in [1.165, 1.54) is 0 Å². The third-order valence-corrected chi connectivity index (χ3v) is 1.17. The van der Waals surface area contributed by atoms with E-state index >= 15 is 0 Å². The molecule has 0 unspecified atom stereocenters. The molecule has 66 valence electrons. The zero-order chi connectivity index (χ0) is 9.35. The Labute approximate surface area is 64.2 Å². The van der Waals surface area contributed by atoms with Crippen LogP contribution in [0.25, 0.3) is 0 Å². The molecule has 4 nitrogen and oxygen atoms in total. The minimum atomic E-state index is -4.56. The summed E-state index contributed by atoms with van der Waals surface area (Å²) in [6.45, 7) is 0. The van der Waals surface area contributed by atoms with E-state index in [9.17, 15) is 23.3 Å². The van der Waals surface area contributed by atoms with Crippen LogP contribution in [0.15, 0.2) is 12.1 Å². The number of nitro groups is 1. The Morgan fingerprint density at radius 3 is 2.25 bits per heavy atom. The van der Waals surface area contributed by atoms with E-state index in [0.29, 0.717) is 6.07 Å². The van der Waals surface area contributed by atoms with Gasteiger partial charge >= 0.3 is 12.0 Å². The smallest absolute Gasteiger partial charge is 0.358 e. The van der Waals surface area contributed by atoms with Gasteiger partial charge < -0.3 is 10.1 Å². The van der Waals surface area contributed by atoms with Gasteiger partial charge in [-0.2, -0.15) is 13.2 Å². The summed E-state index contributed by atoms with van der Waals surface area (Å²) in [4.78, 5) is 10.7. The highest BCUT2D eigenvalue weighted by atomic mass is 19.4. The van der Waals surface area contributed by atoms with E-state index in [0.717, 1.165) is 6.07 Å². The monoisotopic (exact) mass is 180 g/mol. The highest BCUT2D eigenvalue weighted by Crippen LogP contribution is 2.29. The van der Waals surface area contributed by atoms with Gasteiger partial charge in [0.25, 0.3) is 0 Å². The number of hydrogen-bond donors (Lipinski definition) is 1. The summed E-state index contributed by atoms with van der Waals surface area (Å²) in [5, 5.41) is 9.95. The first-order valence-electron chi connectivity index (χ1n) is 2.82. The number of halogens is 3. The van der Waals surface area contributed by atoms with Gasteiger partial charge in [-0.25, -0.2) is 4.98 Å². The molecule has 1 N–H and O–H groups in total. The lowest BCUT2D eigenvalue weighted by Gasteiger charge is -1.97. The summed E-state index contributed by atoms with van der Waals surface area (Å²) in [5.74, 6) is -0.665. The van der Waals surface area contributed by atoms with Gasteiger partial charge in [-0.15, -0.1) is 0 Å². The lowest BCUT2D eigenvalue weighted by atomic mass is 10.4. The van der Waals surface area contributed by atoms with Crippen LogP contribution in [0, 0.1) is 10.1 Å². The average Bonchev–Trinajstić information content (AvgIpc) is 2.30. The number of nitrogens with one attached hydrogen (secondary N) is 1. The fourth-order valence-electron chi connectivity index (χ4n) is 0.655. The highest BCUT2D eigenvalue weighted by Gasteiger charge is 2.36. The fourth-order valence-corrected chi connectivity index (χ4v) is 0.655. The Balaban J connectivity index is 3.00. The van der Waals surface area contributed by atoms with Crippen LogP contribution in [-0.4, -0.2) is 9.91 Å². The molecule has 0 aliphatic carbocycles. The summed E-state index contributed by atoms with van der Waals surface area (Å²) >= 11 is 0. The summed E-state index contributed by atoms with van der Waals surface area (Å²) in [5.41, 5.74) is -1.12. The predicted molar refractivity (Wildman–Crippen MR) is 32.4 cm³/mol. The molecule has 7 heteroatoms. The molecule has 0 spiro atoms. The van der Waals surface area contributed by atoms with Crippen LogP contribution in [0.1, 0.15) is 5.69 Å². The predicted octanol–water partition coefficient (Wildman–Crippen LogP) is 1.94. The number of H-pyrrole nitrogens is 1. The van der Waals surface area contributed by atoms with Crippen molar-refractivity contribution in [2.24, 2.45) is 0 Å². The third-order valence-electron chi connectivity index (χ3n) is 1.17. The summed E-state index contributed by atoms with van der Waals surface area (Å²) < 4.78 is 35.4. The van der Waals surface area contributed by atoms with Crippen LogP contribution in [0.3, 0.4) is 0 Å². The van der Waals surface area contributed by atoms with Crippen molar-refractivity contribution in [1.82, 2.24) is 4.98 Å². The fraction of sp³-hybridized carbons (Fsp3) is 0.200. The minimum Gasteiger partial charge on any atom is -0.358 e. The van der Waals surface area contributed by atoms with E-state index < -0.39 is 22.6 Å². The molecule has 1 aromatic rings. The summed E-state index contributed by atoms with van der Waals surface area (Å²) in [6.07, 6.45) is -4.56. The molecule has 0 aliphatic heterocycles. The van der Waals surface area contributed by atoms with Gasteiger partial charge in [-0.05, 0) is 11.0 Å². The molecule has 1 rings (SSSR count). The number of alkyl halides is 3. The molecule has 0 bridgehead atoms. The molecule has 0 fully saturated rings. The first-order valence-corrected chi connectivity index (χ1v) is 2.82. The van der Waals surface area contributed by atoms with E-state index in [-0.39, 0.29) is 0 Å². The second-order valence-electron chi connectivity index (χ2n) is 2.01. The van der Waals surface area contributed by atoms with Crippen LogP contribution in [0.2, 0.25) is 0 Å². The first-order chi connectivity index (χ1) is 5.41. The Bertz CT molecular complexity index is 304. The second kappa shape index (κ2) is 2.50. The van der Waals surface area contributed by atoms with Gasteiger partial charge in [0.05, 0.1) is 0 Å². The standard InChI is InChI=1S/C5H3F3N2O2/c6-5(7,8)3-1-2-4(9-3)10(11)12/h1-2,9H. The van der Waals surface area contributed by atoms with Crippen LogP contribution < -0.4 is 0 Å². The van der Waals surface area contributed by atoms with Crippen LogP contribution >= 0.6 is 0 Å². The molecule has 12 heavy (non-hydrogen) atoms. The number of nitrogens with zero attached hydrogens (tertiary/aromatic N) is 1. The zero-order valence-corrected chi connectivity index (χ0v) is 5.55. The van der Waals surface area contributed by atoms with Crippen molar-refractivity contribution in [3.63, 3.8) is 0 Å². The lowest BCUT2D eigenvalue weighted by Crippen LogP contribution is -2.05. The lowest BCUT2D eigenvalue weighted by molar-refractivity contribution is -0.389. The van der Waals surface area contributed by atoms with Crippen LogP contribution in [0.5, 0.6) is 0 Å². The normalized spacial score (nSPS) is 11.6. The maximum atomic E-state index is 11.8. The molecule has 0 aliphatic rings. The maximum absolute atomic E-state index is 11.8. The van der Waals surface area contributed by atoms with Gasteiger partial charge in [0, 0.05) is 6.07 Å². The highest BCUT2D eigenvalue weighted by molar-refractivity contribution is 5.25. The van der Waals surface area contributed by atoms with Crippen LogP contribution in [-0.2, 0) is 6.18 Å². The molecule has 0 amide bonds. The van der Waals surface area contributed by atoms with Crippen molar-refractivity contribution in [3.8, 4) is 0 Å². The first kappa shape index (κ1) is 8.57. The summed E-state index contributed by atoms with van der Waals surface area (Å²) in [6, 6.07) is 1.39. The number of rotatable bonds is 1. The molecule has 0 aromatic carbocycles. The van der Waals surface area contributed by atoms with E-state index in [1.54, 1.807) is 4.98 Å². The Morgan fingerprint density at radius 2 is 2.00 bits per heavy atom. The Kier molecular flexibility index (Phi) is 1.79.